The third kappa shape index (κ3) is 3.52. The van der Waals surface area contributed by atoms with E-state index in [1.807, 2.05) is 0 Å². The second-order valence-electron chi connectivity index (χ2n) is 5.05. The van der Waals surface area contributed by atoms with Crippen LogP contribution in [0.4, 0.5) is 5.69 Å². The molecule has 24 heavy (non-hydrogen) atoms. The number of aryl methyl sites for hydroxylation is 1. The van der Waals surface area contributed by atoms with Crippen LogP contribution in [-0.2, 0) is 4.79 Å². The fourth-order valence-electron chi connectivity index (χ4n) is 2.26. The summed E-state index contributed by atoms with van der Waals surface area (Å²) in [6.07, 6.45) is 1.32. The first-order valence-corrected chi connectivity index (χ1v) is 6.91. The van der Waals surface area contributed by atoms with E-state index in [9.17, 15) is 25.1 Å². The molecule has 2 N–H and O–H groups in total. The monoisotopic (exact) mass is 329 g/mol. The number of ether oxygens (including phenoxy) is 1. The van der Waals surface area contributed by atoms with Gasteiger partial charge in [-0.1, -0.05) is 12.1 Å². The van der Waals surface area contributed by atoms with Gasteiger partial charge in [-0.05, 0) is 47.9 Å². The number of methoxy groups -OCH3 is 1. The molecule has 0 saturated heterocycles. The molecule has 0 amide bonds. The lowest BCUT2D eigenvalue weighted by molar-refractivity contribution is -0.385. The van der Waals surface area contributed by atoms with Crippen LogP contribution in [0, 0.1) is 17.0 Å². The fourth-order valence-corrected chi connectivity index (χ4v) is 2.26. The second kappa shape index (κ2) is 6.82. The first-order chi connectivity index (χ1) is 11.3. The number of nitrogens with zero attached hydrogens (tertiary/aromatic N) is 1. The molecule has 2 aromatic rings. The summed E-state index contributed by atoms with van der Waals surface area (Å²) in [5.74, 6) is -1.02. The van der Waals surface area contributed by atoms with E-state index in [-0.39, 0.29) is 5.57 Å². The Balaban J connectivity index is 2.54. The standard InChI is InChI=1S/C17H15NO6/c1-10-7-12(4-6-16(10)24-2)13(17(20)21)8-11-3-5-15(19)14(9-11)18(22)23/h3-9,19H,1-2H3,(H,20,21)/b13-8-. The molecular formula is C17H15NO6. The second-order valence-corrected chi connectivity index (χ2v) is 5.05. The Morgan fingerprint density at radius 2 is 1.96 bits per heavy atom. The third-order valence-corrected chi connectivity index (χ3v) is 3.44. The number of aromatic hydroxyl groups is 1. The van der Waals surface area contributed by atoms with E-state index < -0.39 is 22.3 Å². The predicted octanol–water partition coefficient (Wildman–Crippen LogP) is 3.24. The molecule has 0 aliphatic heterocycles. The Kier molecular flexibility index (Phi) is 4.84. The van der Waals surface area contributed by atoms with Crippen molar-refractivity contribution in [1.82, 2.24) is 0 Å². The van der Waals surface area contributed by atoms with Crippen LogP contribution in [0.3, 0.4) is 0 Å². The normalized spacial score (nSPS) is 11.2. The van der Waals surface area contributed by atoms with E-state index in [4.69, 9.17) is 4.74 Å². The number of aliphatic carboxylic acids is 1. The molecule has 0 fully saturated rings. The zero-order valence-corrected chi connectivity index (χ0v) is 13.0. The molecule has 0 bridgehead atoms. The molecule has 0 radical (unpaired) electrons. The number of nitro benzene ring substituents is 1. The molecule has 2 aromatic carbocycles. The van der Waals surface area contributed by atoms with E-state index in [0.717, 1.165) is 17.7 Å². The topological polar surface area (TPSA) is 110 Å². The number of carboxylic acids is 1. The Morgan fingerprint density at radius 3 is 2.50 bits per heavy atom. The van der Waals surface area contributed by atoms with Gasteiger partial charge in [0.25, 0.3) is 0 Å². The molecule has 7 heteroatoms. The van der Waals surface area contributed by atoms with Crippen molar-refractivity contribution >= 4 is 23.3 Å². The maximum Gasteiger partial charge on any atom is 0.336 e. The van der Waals surface area contributed by atoms with Gasteiger partial charge in [-0.15, -0.1) is 0 Å². The molecule has 0 unspecified atom stereocenters. The summed E-state index contributed by atoms with van der Waals surface area (Å²) in [4.78, 5) is 21.7. The molecule has 0 spiro atoms. The number of hydrogen-bond acceptors (Lipinski definition) is 5. The first kappa shape index (κ1) is 17.0. The molecule has 2 rings (SSSR count). The zero-order valence-electron chi connectivity index (χ0n) is 13.0. The summed E-state index contributed by atoms with van der Waals surface area (Å²) in [5.41, 5.74) is 0.987. The molecule has 0 saturated carbocycles. The van der Waals surface area contributed by atoms with E-state index in [2.05, 4.69) is 0 Å². The van der Waals surface area contributed by atoms with Crippen molar-refractivity contribution in [2.75, 3.05) is 7.11 Å². The average Bonchev–Trinajstić information content (AvgIpc) is 2.53. The molecule has 0 atom stereocenters. The summed E-state index contributed by atoms with van der Waals surface area (Å²) in [6.45, 7) is 1.78. The SMILES string of the molecule is COc1ccc(/C(=C/c2ccc(O)c([N+](=O)[O-])c2)C(=O)O)cc1C. The maximum absolute atomic E-state index is 11.6. The van der Waals surface area contributed by atoms with Crippen LogP contribution in [-0.4, -0.2) is 28.2 Å². The van der Waals surface area contributed by atoms with Crippen LogP contribution >= 0.6 is 0 Å². The largest absolute Gasteiger partial charge is 0.502 e. The Hall–Kier alpha value is -3.35. The first-order valence-electron chi connectivity index (χ1n) is 6.91. The number of rotatable bonds is 5. The molecule has 7 nitrogen and oxygen atoms in total. The van der Waals surface area contributed by atoms with Crippen molar-refractivity contribution < 1.29 is 24.7 Å². The highest BCUT2D eigenvalue weighted by Gasteiger charge is 2.16. The van der Waals surface area contributed by atoms with Crippen molar-refractivity contribution in [3.05, 3.63) is 63.2 Å². The maximum atomic E-state index is 11.6. The van der Waals surface area contributed by atoms with Gasteiger partial charge < -0.3 is 14.9 Å². The van der Waals surface area contributed by atoms with E-state index in [1.54, 1.807) is 25.1 Å². The lowest BCUT2D eigenvalue weighted by Crippen LogP contribution is -2.01. The van der Waals surface area contributed by atoms with E-state index >= 15 is 0 Å². The molecule has 0 aliphatic carbocycles. The molecule has 124 valence electrons. The van der Waals surface area contributed by atoms with Gasteiger partial charge in [0.2, 0.25) is 0 Å². The summed E-state index contributed by atoms with van der Waals surface area (Å²) < 4.78 is 5.14. The molecule has 0 heterocycles. The van der Waals surface area contributed by atoms with Crippen molar-refractivity contribution in [3.63, 3.8) is 0 Å². The van der Waals surface area contributed by atoms with E-state index in [1.165, 1.54) is 19.3 Å². The van der Waals surface area contributed by atoms with Crippen molar-refractivity contribution in [2.45, 2.75) is 6.92 Å². The van der Waals surface area contributed by atoms with Gasteiger partial charge in [0.05, 0.1) is 17.6 Å². The van der Waals surface area contributed by atoms with Gasteiger partial charge in [-0.25, -0.2) is 4.79 Å². The van der Waals surface area contributed by atoms with Gasteiger partial charge >= 0.3 is 11.7 Å². The van der Waals surface area contributed by atoms with Crippen LogP contribution in [0.5, 0.6) is 11.5 Å². The Bertz CT molecular complexity index is 841. The highest BCUT2D eigenvalue weighted by Crippen LogP contribution is 2.29. The Labute approximate surface area is 137 Å². The predicted molar refractivity (Wildman–Crippen MR) is 88.0 cm³/mol. The van der Waals surface area contributed by atoms with Crippen LogP contribution < -0.4 is 4.74 Å². The van der Waals surface area contributed by atoms with Crippen LogP contribution in [0.1, 0.15) is 16.7 Å². The highest BCUT2D eigenvalue weighted by molar-refractivity contribution is 6.20. The van der Waals surface area contributed by atoms with Crippen molar-refractivity contribution in [2.24, 2.45) is 0 Å². The van der Waals surface area contributed by atoms with Crippen LogP contribution in [0.15, 0.2) is 36.4 Å². The number of carbonyl (C=O) groups is 1. The van der Waals surface area contributed by atoms with E-state index in [0.29, 0.717) is 16.9 Å². The number of benzene rings is 2. The number of carboxylic acid groups (broad SMARTS) is 1. The quantitative estimate of drug-likeness (QED) is 0.377. The van der Waals surface area contributed by atoms with Gasteiger partial charge in [0.15, 0.2) is 5.75 Å². The lowest BCUT2D eigenvalue weighted by Gasteiger charge is -2.08. The number of phenols is 1. The lowest BCUT2D eigenvalue weighted by atomic mass is 10.0. The van der Waals surface area contributed by atoms with Gasteiger partial charge in [-0.2, -0.15) is 0 Å². The number of hydrogen-bond donors (Lipinski definition) is 2. The Morgan fingerprint density at radius 1 is 1.25 bits per heavy atom. The minimum absolute atomic E-state index is 0.0271. The van der Waals surface area contributed by atoms with Crippen molar-refractivity contribution in [3.8, 4) is 11.5 Å². The molecule has 0 aromatic heterocycles. The number of nitro groups is 1. The molecular weight excluding hydrogens is 314 g/mol. The summed E-state index contributed by atoms with van der Waals surface area (Å²) in [5, 5.41) is 29.8. The van der Waals surface area contributed by atoms with Gasteiger partial charge in [0.1, 0.15) is 5.75 Å². The summed E-state index contributed by atoms with van der Waals surface area (Å²) in [6, 6.07) is 8.59. The fraction of sp³-hybridized carbons (Fsp3) is 0.118. The number of phenolic OH excluding ortho intramolecular Hbond substituents is 1. The highest BCUT2D eigenvalue weighted by atomic mass is 16.6. The van der Waals surface area contributed by atoms with Gasteiger partial charge in [0, 0.05) is 6.07 Å². The smallest absolute Gasteiger partial charge is 0.336 e. The summed E-state index contributed by atoms with van der Waals surface area (Å²) in [7, 11) is 1.52. The average molecular weight is 329 g/mol. The minimum Gasteiger partial charge on any atom is -0.502 e. The van der Waals surface area contributed by atoms with Crippen LogP contribution in [0.2, 0.25) is 0 Å². The molecule has 0 aliphatic rings. The zero-order chi connectivity index (χ0) is 17.9. The minimum atomic E-state index is -1.17. The van der Waals surface area contributed by atoms with Gasteiger partial charge in [-0.3, -0.25) is 10.1 Å². The van der Waals surface area contributed by atoms with Crippen LogP contribution in [0.25, 0.3) is 11.6 Å². The third-order valence-electron chi connectivity index (χ3n) is 3.44. The van der Waals surface area contributed by atoms with Crippen molar-refractivity contribution in [1.29, 1.82) is 0 Å². The summed E-state index contributed by atoms with van der Waals surface area (Å²) >= 11 is 0.